The number of rotatable bonds is 2. The first kappa shape index (κ1) is 12.6. The van der Waals surface area contributed by atoms with E-state index >= 15 is 0 Å². The van der Waals surface area contributed by atoms with Gasteiger partial charge >= 0.3 is 11.9 Å². The van der Waals surface area contributed by atoms with E-state index in [1.807, 2.05) is 0 Å². The number of hydrogen-bond acceptors (Lipinski definition) is 3. The van der Waals surface area contributed by atoms with Crippen molar-refractivity contribution >= 4 is 46.0 Å². The Kier molecular flexibility index (Phi) is 3.11. The van der Waals surface area contributed by atoms with Gasteiger partial charge in [0.1, 0.15) is 0 Å². The molecular formula is C11H5Cl2NO4. The third kappa shape index (κ3) is 2.10. The number of benzene rings is 1. The maximum Gasteiger partial charge on any atom is 0.355 e. The highest BCUT2D eigenvalue weighted by molar-refractivity contribution is 6.38. The van der Waals surface area contributed by atoms with Crippen molar-refractivity contribution in [3.05, 3.63) is 39.5 Å². The number of carboxylic acids is 2. The van der Waals surface area contributed by atoms with Gasteiger partial charge in [-0.3, -0.25) is 0 Å². The van der Waals surface area contributed by atoms with E-state index in [0.29, 0.717) is 10.4 Å². The van der Waals surface area contributed by atoms with Crippen molar-refractivity contribution in [2.24, 2.45) is 0 Å². The standard InChI is InChI=1S/C11H5Cl2NO4/c12-4-1-7(13)5-3-6(10(15)16)9(11(17)18)14-8(5)2-4/h1-3H,(H,15,16)(H,17,18). The van der Waals surface area contributed by atoms with Crippen LogP contribution < -0.4 is 0 Å². The predicted molar refractivity (Wildman–Crippen MR) is 65.7 cm³/mol. The zero-order valence-corrected chi connectivity index (χ0v) is 10.2. The SMILES string of the molecule is O=C(O)c1cc2c(Cl)cc(Cl)cc2nc1C(=O)O. The molecule has 2 rings (SSSR count). The summed E-state index contributed by atoms with van der Waals surface area (Å²) in [4.78, 5) is 25.7. The van der Waals surface area contributed by atoms with Gasteiger partial charge in [0.15, 0.2) is 5.69 Å². The molecule has 0 spiro atoms. The number of carboxylic acid groups (broad SMARTS) is 2. The summed E-state index contributed by atoms with van der Waals surface area (Å²) in [5, 5.41) is 18.7. The van der Waals surface area contributed by atoms with Crippen molar-refractivity contribution in [2.75, 3.05) is 0 Å². The first-order valence-corrected chi connectivity index (χ1v) is 5.42. The van der Waals surface area contributed by atoms with Gasteiger partial charge in [0.05, 0.1) is 16.1 Å². The molecule has 0 fully saturated rings. The highest BCUT2D eigenvalue weighted by Gasteiger charge is 2.19. The van der Waals surface area contributed by atoms with Crippen LogP contribution in [-0.2, 0) is 0 Å². The molecule has 5 nitrogen and oxygen atoms in total. The van der Waals surface area contributed by atoms with Gasteiger partial charge in [0, 0.05) is 10.4 Å². The molecule has 0 aliphatic carbocycles. The number of fused-ring (bicyclic) bond motifs is 1. The summed E-state index contributed by atoms with van der Waals surface area (Å²) in [6, 6.07) is 4.02. The van der Waals surface area contributed by atoms with E-state index in [-0.39, 0.29) is 10.5 Å². The smallest absolute Gasteiger partial charge is 0.355 e. The zero-order chi connectivity index (χ0) is 13.4. The molecule has 2 aromatic rings. The lowest BCUT2D eigenvalue weighted by Crippen LogP contribution is -2.10. The minimum Gasteiger partial charge on any atom is -0.478 e. The largest absolute Gasteiger partial charge is 0.478 e. The van der Waals surface area contributed by atoms with Crippen molar-refractivity contribution in [2.45, 2.75) is 0 Å². The van der Waals surface area contributed by atoms with Gasteiger partial charge in [-0.2, -0.15) is 0 Å². The summed E-state index contributed by atoms with van der Waals surface area (Å²) >= 11 is 11.7. The normalized spacial score (nSPS) is 10.6. The molecule has 0 atom stereocenters. The summed E-state index contributed by atoms with van der Waals surface area (Å²) in [7, 11) is 0. The van der Waals surface area contributed by atoms with Crippen molar-refractivity contribution < 1.29 is 19.8 Å². The van der Waals surface area contributed by atoms with Gasteiger partial charge in [-0.1, -0.05) is 23.2 Å². The van der Waals surface area contributed by atoms with Crippen LogP contribution in [0.4, 0.5) is 0 Å². The van der Waals surface area contributed by atoms with Crippen LogP contribution in [0.5, 0.6) is 0 Å². The molecule has 0 aliphatic heterocycles. The number of pyridine rings is 1. The molecule has 1 heterocycles. The number of hydrogen-bond donors (Lipinski definition) is 2. The molecule has 2 N–H and O–H groups in total. The van der Waals surface area contributed by atoms with Gasteiger partial charge in [0.25, 0.3) is 0 Å². The Hall–Kier alpha value is -1.85. The Labute approximate surface area is 111 Å². The van der Waals surface area contributed by atoms with Crippen LogP contribution in [0.25, 0.3) is 10.9 Å². The Morgan fingerprint density at radius 1 is 1.06 bits per heavy atom. The van der Waals surface area contributed by atoms with Crippen molar-refractivity contribution in [3.8, 4) is 0 Å². The van der Waals surface area contributed by atoms with E-state index in [1.54, 1.807) is 0 Å². The van der Waals surface area contributed by atoms with Crippen molar-refractivity contribution in [3.63, 3.8) is 0 Å². The first-order chi connectivity index (χ1) is 8.40. The monoisotopic (exact) mass is 285 g/mol. The number of carbonyl (C=O) groups is 2. The van der Waals surface area contributed by atoms with Gasteiger partial charge in [-0.25, -0.2) is 14.6 Å². The molecule has 18 heavy (non-hydrogen) atoms. The maximum absolute atomic E-state index is 11.0. The van der Waals surface area contributed by atoms with Crippen LogP contribution in [0.2, 0.25) is 10.0 Å². The van der Waals surface area contributed by atoms with Crippen LogP contribution in [0.3, 0.4) is 0 Å². The average molecular weight is 286 g/mol. The Morgan fingerprint density at radius 2 is 1.72 bits per heavy atom. The third-order valence-electron chi connectivity index (χ3n) is 2.28. The molecule has 0 saturated carbocycles. The van der Waals surface area contributed by atoms with E-state index < -0.39 is 23.2 Å². The van der Waals surface area contributed by atoms with Gasteiger partial charge in [0.2, 0.25) is 0 Å². The molecule has 0 amide bonds. The second-order valence-electron chi connectivity index (χ2n) is 3.45. The minimum atomic E-state index is -1.43. The molecule has 1 aromatic heterocycles. The molecule has 0 radical (unpaired) electrons. The van der Waals surface area contributed by atoms with Gasteiger partial charge in [-0.15, -0.1) is 0 Å². The Balaban J connectivity index is 2.89. The van der Waals surface area contributed by atoms with E-state index in [2.05, 4.69) is 4.98 Å². The second kappa shape index (κ2) is 4.44. The van der Waals surface area contributed by atoms with Crippen molar-refractivity contribution in [1.82, 2.24) is 4.98 Å². The fourth-order valence-electron chi connectivity index (χ4n) is 1.53. The number of nitrogens with zero attached hydrogens (tertiary/aromatic N) is 1. The molecule has 1 aromatic carbocycles. The topological polar surface area (TPSA) is 87.5 Å². The summed E-state index contributed by atoms with van der Waals surface area (Å²) < 4.78 is 0. The number of aromatic nitrogens is 1. The molecular weight excluding hydrogens is 281 g/mol. The van der Waals surface area contributed by atoms with Crippen LogP contribution in [-0.4, -0.2) is 27.1 Å². The lowest BCUT2D eigenvalue weighted by Gasteiger charge is -2.06. The highest BCUT2D eigenvalue weighted by atomic mass is 35.5. The zero-order valence-electron chi connectivity index (χ0n) is 8.65. The number of halogens is 2. The molecule has 0 aliphatic rings. The fourth-order valence-corrected chi connectivity index (χ4v) is 2.06. The summed E-state index contributed by atoms with van der Waals surface area (Å²) in [5.41, 5.74) is -0.734. The number of aromatic carboxylic acids is 2. The summed E-state index contributed by atoms with van der Waals surface area (Å²) in [6.07, 6.45) is 0. The lowest BCUT2D eigenvalue weighted by molar-refractivity contribution is 0.0647. The highest BCUT2D eigenvalue weighted by Crippen LogP contribution is 2.28. The molecule has 0 saturated heterocycles. The first-order valence-electron chi connectivity index (χ1n) is 4.66. The lowest BCUT2D eigenvalue weighted by atomic mass is 10.1. The van der Waals surface area contributed by atoms with E-state index in [0.717, 1.165) is 0 Å². The molecule has 0 unspecified atom stereocenters. The molecule has 92 valence electrons. The minimum absolute atomic E-state index is 0.212. The van der Waals surface area contributed by atoms with E-state index in [4.69, 9.17) is 33.4 Å². The Morgan fingerprint density at radius 3 is 2.28 bits per heavy atom. The van der Waals surface area contributed by atoms with Crippen molar-refractivity contribution in [1.29, 1.82) is 0 Å². The Bertz CT molecular complexity index is 684. The van der Waals surface area contributed by atoms with Gasteiger partial charge < -0.3 is 10.2 Å². The van der Waals surface area contributed by atoms with E-state index in [1.165, 1.54) is 18.2 Å². The molecule has 7 heteroatoms. The van der Waals surface area contributed by atoms with Crippen LogP contribution in [0.1, 0.15) is 20.8 Å². The summed E-state index contributed by atoms with van der Waals surface area (Å²) in [5.74, 6) is -2.81. The predicted octanol–water partition coefficient (Wildman–Crippen LogP) is 2.94. The average Bonchev–Trinajstić information content (AvgIpc) is 2.26. The molecule has 0 bridgehead atoms. The van der Waals surface area contributed by atoms with E-state index in [9.17, 15) is 9.59 Å². The van der Waals surface area contributed by atoms with Crippen LogP contribution >= 0.6 is 23.2 Å². The second-order valence-corrected chi connectivity index (χ2v) is 4.29. The fraction of sp³-hybridized carbons (Fsp3) is 0. The quantitative estimate of drug-likeness (QED) is 0.886. The maximum atomic E-state index is 11.0. The van der Waals surface area contributed by atoms with Crippen LogP contribution in [0.15, 0.2) is 18.2 Å². The van der Waals surface area contributed by atoms with Crippen LogP contribution in [0, 0.1) is 0 Å². The third-order valence-corrected chi connectivity index (χ3v) is 2.81. The van der Waals surface area contributed by atoms with Gasteiger partial charge in [-0.05, 0) is 18.2 Å². The summed E-state index contributed by atoms with van der Waals surface area (Å²) in [6.45, 7) is 0.